The van der Waals surface area contributed by atoms with Gasteiger partial charge in [0.25, 0.3) is 0 Å². The van der Waals surface area contributed by atoms with Gasteiger partial charge in [0, 0.05) is 37.1 Å². The lowest BCUT2D eigenvalue weighted by molar-refractivity contribution is -0.294. The molecule has 1 amide bonds. The van der Waals surface area contributed by atoms with Gasteiger partial charge in [-0.2, -0.15) is 8.78 Å². The Bertz CT molecular complexity index is 884. The monoisotopic (exact) mass is 407 g/mol. The van der Waals surface area contributed by atoms with Crippen molar-refractivity contribution in [3.05, 3.63) is 60.2 Å². The molecule has 6 nitrogen and oxygen atoms in total. The minimum Gasteiger partial charge on any atom is -0.377 e. The van der Waals surface area contributed by atoms with Gasteiger partial charge >= 0.3 is 12.0 Å². The van der Waals surface area contributed by atoms with Gasteiger partial charge in [-0.3, -0.25) is 14.7 Å². The summed E-state index contributed by atoms with van der Waals surface area (Å²) in [5, 5.41) is 0. The van der Waals surface area contributed by atoms with E-state index in [-0.39, 0.29) is 32.8 Å². The number of carbonyl (C=O) groups excluding carboxylic acids is 1. The molecule has 1 aromatic carbocycles. The molecule has 0 saturated carbocycles. The average Bonchev–Trinajstić information content (AvgIpc) is 2.89. The number of hydrogen-bond donors (Lipinski definition) is 0. The number of alkyl halides is 2. The molecule has 1 spiro atoms. The number of anilines is 1. The molecule has 0 radical (unpaired) electrons. The summed E-state index contributed by atoms with van der Waals surface area (Å²) < 4.78 is 53.7. The van der Waals surface area contributed by atoms with Crippen molar-refractivity contribution >= 4 is 11.6 Å². The molecule has 2 aliphatic rings. The number of hydrogen-bond acceptors (Lipinski definition) is 5. The third kappa shape index (κ3) is 4.12. The highest BCUT2D eigenvalue weighted by atomic mass is 19.3. The van der Waals surface area contributed by atoms with Crippen LogP contribution in [0.25, 0.3) is 0 Å². The van der Waals surface area contributed by atoms with E-state index in [9.17, 15) is 18.0 Å². The van der Waals surface area contributed by atoms with Gasteiger partial charge in [0.1, 0.15) is 11.4 Å². The fourth-order valence-corrected chi connectivity index (χ4v) is 3.73. The summed E-state index contributed by atoms with van der Waals surface area (Å²) in [6.45, 7) is 0.740. The maximum absolute atomic E-state index is 14.6. The molecule has 1 atom stereocenters. The van der Waals surface area contributed by atoms with Crippen molar-refractivity contribution in [1.82, 2.24) is 9.88 Å². The van der Waals surface area contributed by atoms with E-state index in [0.29, 0.717) is 17.8 Å². The van der Waals surface area contributed by atoms with Crippen LogP contribution < -0.4 is 4.90 Å². The number of ether oxygens (including phenoxy) is 2. The van der Waals surface area contributed by atoms with Crippen molar-refractivity contribution in [2.45, 2.75) is 18.3 Å². The van der Waals surface area contributed by atoms with Crippen molar-refractivity contribution in [1.29, 1.82) is 0 Å². The lowest BCUT2D eigenvalue weighted by Crippen LogP contribution is -2.66. The standard InChI is InChI=1S/C20H20F3N3O3/c21-17-10-24-7-6-15(17)11-25-8-9-28-14-19(12-25)13-26(16-4-2-1-3-5-16)18(27)20(22,23)29-19/h1-7,10H,8-9,11-14H2. The zero-order chi connectivity index (χ0) is 20.5. The number of morpholine rings is 1. The summed E-state index contributed by atoms with van der Waals surface area (Å²) in [7, 11) is 0. The van der Waals surface area contributed by atoms with Crippen LogP contribution in [0, 0.1) is 5.82 Å². The average molecular weight is 407 g/mol. The molecule has 0 bridgehead atoms. The lowest BCUT2D eigenvalue weighted by atomic mass is 10.00. The topological polar surface area (TPSA) is 54.9 Å². The Morgan fingerprint density at radius 3 is 2.69 bits per heavy atom. The maximum atomic E-state index is 14.6. The first kappa shape index (κ1) is 19.8. The van der Waals surface area contributed by atoms with Crippen LogP contribution in [0.5, 0.6) is 0 Å². The van der Waals surface area contributed by atoms with Gasteiger partial charge in [-0.15, -0.1) is 0 Å². The van der Waals surface area contributed by atoms with Crippen LogP contribution in [-0.2, 0) is 20.8 Å². The highest BCUT2D eigenvalue weighted by Crippen LogP contribution is 2.37. The normalized spacial score (nSPS) is 25.2. The quantitative estimate of drug-likeness (QED) is 0.783. The van der Waals surface area contributed by atoms with Crippen molar-refractivity contribution in [3.8, 4) is 0 Å². The first-order chi connectivity index (χ1) is 13.9. The van der Waals surface area contributed by atoms with Crippen LogP contribution in [0.3, 0.4) is 0 Å². The molecule has 1 aromatic heterocycles. The van der Waals surface area contributed by atoms with Gasteiger partial charge in [-0.25, -0.2) is 4.39 Å². The maximum Gasteiger partial charge on any atom is 0.437 e. The first-order valence-corrected chi connectivity index (χ1v) is 9.22. The molecular formula is C20H20F3N3O3. The second-order valence-corrected chi connectivity index (χ2v) is 7.26. The second-order valence-electron chi connectivity index (χ2n) is 7.26. The van der Waals surface area contributed by atoms with Crippen molar-refractivity contribution in [2.24, 2.45) is 0 Å². The molecule has 154 valence electrons. The third-order valence-corrected chi connectivity index (χ3v) is 5.03. The fraction of sp³-hybridized carbons (Fsp3) is 0.400. The van der Waals surface area contributed by atoms with Crippen molar-refractivity contribution < 1.29 is 27.4 Å². The van der Waals surface area contributed by atoms with E-state index in [2.05, 4.69) is 4.98 Å². The van der Waals surface area contributed by atoms with Gasteiger partial charge in [-0.1, -0.05) is 18.2 Å². The largest absolute Gasteiger partial charge is 0.437 e. The molecule has 9 heteroatoms. The van der Waals surface area contributed by atoms with E-state index in [1.54, 1.807) is 41.3 Å². The molecule has 3 heterocycles. The van der Waals surface area contributed by atoms with E-state index < -0.39 is 23.4 Å². The van der Waals surface area contributed by atoms with Crippen LogP contribution in [0.15, 0.2) is 48.8 Å². The minimum atomic E-state index is -3.99. The highest BCUT2D eigenvalue weighted by molar-refractivity contribution is 5.98. The van der Waals surface area contributed by atoms with E-state index in [1.165, 1.54) is 6.20 Å². The van der Waals surface area contributed by atoms with Gasteiger partial charge in [0.05, 0.1) is 26.0 Å². The number of halogens is 3. The number of benzene rings is 1. The number of pyridine rings is 1. The Labute approximate surface area is 165 Å². The molecule has 29 heavy (non-hydrogen) atoms. The lowest BCUT2D eigenvalue weighted by Gasteiger charge is -2.45. The molecule has 4 rings (SSSR count). The first-order valence-electron chi connectivity index (χ1n) is 9.22. The summed E-state index contributed by atoms with van der Waals surface area (Å²) in [4.78, 5) is 18.9. The minimum absolute atomic E-state index is 0.0565. The molecule has 0 N–H and O–H groups in total. The number of para-hydroxylation sites is 1. The summed E-state index contributed by atoms with van der Waals surface area (Å²) in [6, 6.07) is 9.81. The number of amides is 1. The molecule has 2 aliphatic heterocycles. The van der Waals surface area contributed by atoms with Crippen LogP contribution >= 0.6 is 0 Å². The molecular weight excluding hydrogens is 387 g/mol. The number of nitrogens with zero attached hydrogens (tertiary/aromatic N) is 3. The summed E-state index contributed by atoms with van der Waals surface area (Å²) in [5.41, 5.74) is -0.695. The number of rotatable bonds is 3. The Morgan fingerprint density at radius 1 is 1.14 bits per heavy atom. The molecule has 0 aliphatic carbocycles. The molecule has 2 saturated heterocycles. The van der Waals surface area contributed by atoms with E-state index in [4.69, 9.17) is 9.47 Å². The van der Waals surface area contributed by atoms with Gasteiger partial charge in [-0.05, 0) is 18.2 Å². The molecule has 1 unspecified atom stereocenters. The fourth-order valence-electron chi connectivity index (χ4n) is 3.73. The second kappa shape index (κ2) is 7.74. The number of carbonyl (C=O) groups is 1. The van der Waals surface area contributed by atoms with Crippen LogP contribution in [0.1, 0.15) is 5.56 Å². The van der Waals surface area contributed by atoms with Crippen LogP contribution in [0.4, 0.5) is 18.9 Å². The summed E-state index contributed by atoms with van der Waals surface area (Å²) >= 11 is 0. The zero-order valence-electron chi connectivity index (χ0n) is 15.6. The zero-order valence-corrected chi connectivity index (χ0v) is 15.6. The van der Waals surface area contributed by atoms with Crippen molar-refractivity contribution in [3.63, 3.8) is 0 Å². The Balaban J connectivity index is 1.62. The summed E-state index contributed by atoms with van der Waals surface area (Å²) in [5.74, 6) is -1.88. The van der Waals surface area contributed by atoms with Crippen LogP contribution in [0.2, 0.25) is 0 Å². The highest BCUT2D eigenvalue weighted by Gasteiger charge is 2.58. The third-order valence-electron chi connectivity index (χ3n) is 5.03. The van der Waals surface area contributed by atoms with Crippen molar-refractivity contribution in [2.75, 3.05) is 37.7 Å². The predicted octanol–water partition coefficient (Wildman–Crippen LogP) is 2.45. The van der Waals surface area contributed by atoms with E-state index >= 15 is 0 Å². The Kier molecular flexibility index (Phi) is 5.28. The van der Waals surface area contributed by atoms with Gasteiger partial charge < -0.3 is 14.4 Å². The Morgan fingerprint density at radius 2 is 1.93 bits per heavy atom. The van der Waals surface area contributed by atoms with Crippen LogP contribution in [-0.4, -0.2) is 60.3 Å². The predicted molar refractivity (Wildman–Crippen MR) is 97.8 cm³/mol. The summed E-state index contributed by atoms with van der Waals surface area (Å²) in [6.07, 6.45) is -1.40. The van der Waals surface area contributed by atoms with Gasteiger partial charge in [0.15, 0.2) is 0 Å². The number of aromatic nitrogens is 1. The molecule has 2 aromatic rings. The smallest absolute Gasteiger partial charge is 0.377 e. The SMILES string of the molecule is O=C1N(c2ccccc2)CC2(COCCN(Cc3ccncc3F)C2)OC1(F)F. The van der Waals surface area contributed by atoms with Gasteiger partial charge in [0.2, 0.25) is 0 Å². The Hall–Kier alpha value is -2.49. The van der Waals surface area contributed by atoms with E-state index in [0.717, 1.165) is 11.1 Å². The van der Waals surface area contributed by atoms with E-state index in [1.807, 2.05) is 0 Å². The molecule has 2 fully saturated rings.